The van der Waals surface area contributed by atoms with Crippen molar-refractivity contribution in [2.24, 2.45) is 0 Å². The molecule has 2 aromatic carbocycles. The minimum absolute atomic E-state index is 0.00509. The van der Waals surface area contributed by atoms with Crippen LogP contribution in [-0.4, -0.2) is 26.8 Å². The molecule has 1 fully saturated rings. The number of amides is 2. The van der Waals surface area contributed by atoms with E-state index in [9.17, 15) is 14.7 Å². The number of hydrogen-bond acceptors (Lipinski definition) is 5. The number of phenolic OH excluding ortho intramolecular Hbond substituents is 1. The average Bonchev–Trinajstić information content (AvgIpc) is 3.49. The second-order valence-electron chi connectivity index (χ2n) is 8.30. The van der Waals surface area contributed by atoms with Crippen molar-refractivity contribution >= 4 is 17.6 Å². The predicted octanol–water partition coefficient (Wildman–Crippen LogP) is 5.13. The van der Waals surface area contributed by atoms with E-state index in [2.05, 4.69) is 15.7 Å². The summed E-state index contributed by atoms with van der Waals surface area (Å²) in [5, 5.41) is 20.7. The minimum Gasteiger partial charge on any atom is -0.507 e. The number of carbonyl (C=O) groups is 2. The lowest BCUT2D eigenvalue weighted by atomic mass is 9.82. The third-order valence-electron chi connectivity index (χ3n) is 6.01. The van der Waals surface area contributed by atoms with Gasteiger partial charge in [0.05, 0.1) is 17.7 Å². The van der Waals surface area contributed by atoms with E-state index in [4.69, 9.17) is 4.42 Å². The van der Waals surface area contributed by atoms with Gasteiger partial charge in [0.25, 0.3) is 5.91 Å². The van der Waals surface area contributed by atoms with Crippen molar-refractivity contribution in [3.8, 4) is 17.0 Å². The maximum atomic E-state index is 13.0. The van der Waals surface area contributed by atoms with Crippen LogP contribution in [0.25, 0.3) is 11.3 Å². The standard InChI is InChI=1S/C26H24N4O4/c31-23-12-11-19(28-25(32)24-10-5-13-34-24)14-20(23)21-15-22(18-8-4-9-18)30(29-21)26(33)27-16-17-6-2-1-3-7-17/h1-3,5-7,10-15,18,31H,4,8-9,16H2,(H,27,33)(H,28,32). The van der Waals surface area contributed by atoms with E-state index in [-0.39, 0.29) is 23.5 Å². The van der Waals surface area contributed by atoms with Crippen molar-refractivity contribution in [2.75, 3.05) is 5.32 Å². The van der Waals surface area contributed by atoms with Crippen LogP contribution in [0.3, 0.4) is 0 Å². The van der Waals surface area contributed by atoms with Gasteiger partial charge < -0.3 is 20.2 Å². The van der Waals surface area contributed by atoms with E-state index < -0.39 is 5.91 Å². The zero-order chi connectivity index (χ0) is 23.5. The third-order valence-corrected chi connectivity index (χ3v) is 6.01. The number of benzene rings is 2. The van der Waals surface area contributed by atoms with Gasteiger partial charge in [0.2, 0.25) is 0 Å². The summed E-state index contributed by atoms with van der Waals surface area (Å²) in [5.41, 5.74) is 3.17. The monoisotopic (exact) mass is 456 g/mol. The Balaban J connectivity index is 1.41. The topological polar surface area (TPSA) is 109 Å². The number of phenols is 1. The van der Waals surface area contributed by atoms with Gasteiger partial charge in [-0.3, -0.25) is 4.79 Å². The van der Waals surface area contributed by atoms with E-state index in [1.54, 1.807) is 24.3 Å². The molecule has 0 bridgehead atoms. The molecule has 0 aliphatic heterocycles. The van der Waals surface area contributed by atoms with Crippen molar-refractivity contribution in [2.45, 2.75) is 31.7 Å². The molecule has 5 rings (SSSR count). The fraction of sp³-hybridized carbons (Fsp3) is 0.192. The highest BCUT2D eigenvalue weighted by Crippen LogP contribution is 2.39. The highest BCUT2D eigenvalue weighted by Gasteiger charge is 2.27. The van der Waals surface area contributed by atoms with E-state index in [0.29, 0.717) is 23.5 Å². The normalized spacial score (nSPS) is 13.3. The molecule has 1 aliphatic carbocycles. The Morgan fingerprint density at radius 2 is 1.88 bits per heavy atom. The number of hydrogen-bond donors (Lipinski definition) is 3. The first-order chi connectivity index (χ1) is 16.6. The van der Waals surface area contributed by atoms with Gasteiger partial charge >= 0.3 is 6.03 Å². The number of rotatable bonds is 6. The maximum absolute atomic E-state index is 13.0. The molecular formula is C26H24N4O4. The zero-order valence-corrected chi connectivity index (χ0v) is 18.4. The summed E-state index contributed by atoms with van der Waals surface area (Å²) in [7, 11) is 0. The highest BCUT2D eigenvalue weighted by atomic mass is 16.3. The van der Waals surface area contributed by atoms with Crippen molar-refractivity contribution in [1.82, 2.24) is 15.1 Å². The fourth-order valence-electron chi connectivity index (χ4n) is 3.95. The fourth-order valence-corrected chi connectivity index (χ4v) is 3.95. The van der Waals surface area contributed by atoms with Crippen molar-refractivity contribution < 1.29 is 19.1 Å². The molecule has 172 valence electrons. The second kappa shape index (κ2) is 9.27. The second-order valence-corrected chi connectivity index (χ2v) is 8.30. The van der Waals surface area contributed by atoms with Crippen LogP contribution in [0, 0.1) is 0 Å². The largest absolute Gasteiger partial charge is 0.507 e. The summed E-state index contributed by atoms with van der Waals surface area (Å²) >= 11 is 0. The summed E-state index contributed by atoms with van der Waals surface area (Å²) in [6.07, 6.45) is 4.51. The molecule has 8 heteroatoms. The van der Waals surface area contributed by atoms with Gasteiger partial charge in [0.15, 0.2) is 5.76 Å². The third kappa shape index (κ3) is 4.43. The maximum Gasteiger partial charge on any atom is 0.342 e. The number of carbonyl (C=O) groups excluding carboxylic acids is 2. The first-order valence-corrected chi connectivity index (χ1v) is 11.2. The Kier molecular flexibility index (Phi) is 5.86. The first-order valence-electron chi connectivity index (χ1n) is 11.2. The zero-order valence-electron chi connectivity index (χ0n) is 18.4. The van der Waals surface area contributed by atoms with Crippen LogP contribution in [0.4, 0.5) is 10.5 Å². The molecule has 1 aliphatic rings. The average molecular weight is 457 g/mol. The molecule has 0 radical (unpaired) electrons. The molecule has 0 spiro atoms. The van der Waals surface area contributed by atoms with Crippen LogP contribution in [0.2, 0.25) is 0 Å². The molecule has 0 saturated heterocycles. The van der Waals surface area contributed by atoms with Gasteiger partial charge in [-0.25, -0.2) is 4.79 Å². The van der Waals surface area contributed by atoms with Crippen molar-refractivity contribution in [3.63, 3.8) is 0 Å². The Bertz CT molecular complexity index is 1310. The van der Waals surface area contributed by atoms with Gasteiger partial charge in [0.1, 0.15) is 5.75 Å². The van der Waals surface area contributed by atoms with Crippen LogP contribution >= 0.6 is 0 Å². The van der Waals surface area contributed by atoms with Crippen LogP contribution in [0.1, 0.15) is 47.0 Å². The molecular weight excluding hydrogens is 432 g/mol. The van der Waals surface area contributed by atoms with Gasteiger partial charge in [-0.05, 0) is 54.8 Å². The number of furan rings is 1. The molecule has 3 N–H and O–H groups in total. The Morgan fingerprint density at radius 3 is 2.59 bits per heavy atom. The van der Waals surface area contributed by atoms with Gasteiger partial charge in [0, 0.05) is 23.7 Å². The lowest BCUT2D eigenvalue weighted by molar-refractivity contribution is 0.0996. The van der Waals surface area contributed by atoms with E-state index in [1.165, 1.54) is 17.0 Å². The Hall–Kier alpha value is -4.33. The minimum atomic E-state index is -0.400. The molecule has 2 amide bonds. The van der Waals surface area contributed by atoms with E-state index in [0.717, 1.165) is 30.5 Å². The highest BCUT2D eigenvalue weighted by molar-refractivity contribution is 6.02. The number of aromatic hydroxyl groups is 1. The number of nitrogens with one attached hydrogen (secondary N) is 2. The summed E-state index contributed by atoms with van der Waals surface area (Å²) in [6, 6.07) is 19.1. The summed E-state index contributed by atoms with van der Waals surface area (Å²) in [6.45, 7) is 0.387. The molecule has 0 unspecified atom stereocenters. The smallest absolute Gasteiger partial charge is 0.342 e. The van der Waals surface area contributed by atoms with Crippen LogP contribution in [0.5, 0.6) is 5.75 Å². The summed E-state index contributed by atoms with van der Waals surface area (Å²) < 4.78 is 6.53. The lowest BCUT2D eigenvalue weighted by Gasteiger charge is -2.25. The Morgan fingerprint density at radius 1 is 1.06 bits per heavy atom. The SMILES string of the molecule is O=C(Nc1ccc(O)c(-c2cc(C3CCC3)n(C(=O)NCc3ccccc3)n2)c1)c1ccco1. The van der Waals surface area contributed by atoms with Gasteiger partial charge in [-0.15, -0.1) is 0 Å². The molecule has 2 heterocycles. The van der Waals surface area contributed by atoms with Crippen LogP contribution < -0.4 is 10.6 Å². The quantitative estimate of drug-likeness (QED) is 0.349. The number of nitrogens with zero attached hydrogens (tertiary/aromatic N) is 2. The number of aromatic nitrogens is 2. The van der Waals surface area contributed by atoms with Crippen molar-refractivity contribution in [3.05, 3.63) is 90.0 Å². The summed E-state index contributed by atoms with van der Waals surface area (Å²) in [4.78, 5) is 25.4. The van der Waals surface area contributed by atoms with E-state index >= 15 is 0 Å². The molecule has 8 nitrogen and oxygen atoms in total. The predicted molar refractivity (Wildman–Crippen MR) is 127 cm³/mol. The Labute approximate surface area is 196 Å². The van der Waals surface area contributed by atoms with Gasteiger partial charge in [-0.1, -0.05) is 36.8 Å². The van der Waals surface area contributed by atoms with Crippen molar-refractivity contribution in [1.29, 1.82) is 0 Å². The molecule has 34 heavy (non-hydrogen) atoms. The molecule has 0 atom stereocenters. The van der Waals surface area contributed by atoms with E-state index in [1.807, 2.05) is 36.4 Å². The molecule has 2 aromatic heterocycles. The lowest BCUT2D eigenvalue weighted by Crippen LogP contribution is -2.31. The molecule has 4 aromatic rings. The van der Waals surface area contributed by atoms with Gasteiger partial charge in [-0.2, -0.15) is 9.78 Å². The van der Waals surface area contributed by atoms with Crippen LogP contribution in [0.15, 0.2) is 77.4 Å². The number of anilines is 1. The summed E-state index contributed by atoms with van der Waals surface area (Å²) in [5.74, 6) is 0.0297. The first kappa shape index (κ1) is 21.5. The van der Waals surface area contributed by atoms with Crippen LogP contribution in [-0.2, 0) is 6.54 Å². The molecule has 1 saturated carbocycles.